The van der Waals surface area contributed by atoms with E-state index in [1.165, 1.54) is 27.8 Å². The molecule has 0 heterocycles. The molecule has 0 aromatic heterocycles. The second-order valence-corrected chi connectivity index (χ2v) is 12.5. The zero-order valence-electron chi connectivity index (χ0n) is 24.1. The maximum Gasteiger partial charge on any atom is 0.128 e. The van der Waals surface area contributed by atoms with Crippen LogP contribution in [0, 0.1) is 13.8 Å². The Balaban J connectivity index is 1.93. The third kappa shape index (κ3) is 5.91. The maximum atomic E-state index is 11.3. The Labute approximate surface area is 229 Å². The average molecular weight is 504 g/mol. The van der Waals surface area contributed by atoms with Crippen LogP contribution >= 0.6 is 0 Å². The number of hydrogen-bond donors (Lipinski definition) is 1. The van der Waals surface area contributed by atoms with E-state index in [-0.39, 0.29) is 16.7 Å². The van der Waals surface area contributed by atoms with Gasteiger partial charge < -0.3 is 5.11 Å². The van der Waals surface area contributed by atoms with Crippen molar-refractivity contribution in [3.63, 3.8) is 0 Å². The first-order valence-electron chi connectivity index (χ1n) is 13.5. The van der Waals surface area contributed by atoms with Crippen LogP contribution in [-0.4, -0.2) is 11.3 Å². The Kier molecular flexibility index (Phi) is 7.65. The highest BCUT2D eigenvalue weighted by molar-refractivity contribution is 5.87. The van der Waals surface area contributed by atoms with Gasteiger partial charge in [-0.05, 0) is 58.6 Å². The summed E-state index contributed by atoms with van der Waals surface area (Å²) in [4.78, 5) is 5.11. The molecule has 0 unspecified atom stereocenters. The number of hydrogen-bond acceptors (Lipinski definition) is 2. The van der Waals surface area contributed by atoms with Gasteiger partial charge in [-0.1, -0.05) is 126 Å². The van der Waals surface area contributed by atoms with E-state index in [2.05, 4.69) is 140 Å². The lowest BCUT2D eigenvalue weighted by Gasteiger charge is -2.27. The number of phenolic OH excluding ortho intramolecular Hbond substituents is 1. The smallest absolute Gasteiger partial charge is 0.128 e. The number of aliphatic imine (C=N–C) groups is 1. The molecule has 1 N–H and O–H groups in total. The van der Waals surface area contributed by atoms with Crippen molar-refractivity contribution in [2.24, 2.45) is 4.99 Å². The SMILES string of the molecule is Cc1cc(C)c(N=Cc2cc(C(C)(C)C)cc(C(C)(C)C)c2O)c(C(c2ccccc2)c2ccccc2)c1. The Hall–Kier alpha value is -3.65. The van der Waals surface area contributed by atoms with Gasteiger partial charge in [-0.15, -0.1) is 0 Å². The molecule has 0 amide bonds. The molecule has 0 fully saturated rings. The monoisotopic (exact) mass is 503 g/mol. The molecule has 0 aliphatic carbocycles. The summed E-state index contributed by atoms with van der Waals surface area (Å²) < 4.78 is 0. The van der Waals surface area contributed by atoms with E-state index in [1.807, 2.05) is 6.21 Å². The van der Waals surface area contributed by atoms with Crippen molar-refractivity contribution in [1.82, 2.24) is 0 Å². The minimum Gasteiger partial charge on any atom is -0.507 e. The Morgan fingerprint density at radius 3 is 1.76 bits per heavy atom. The lowest BCUT2D eigenvalue weighted by molar-refractivity contribution is 0.444. The number of aromatic hydroxyl groups is 1. The second-order valence-electron chi connectivity index (χ2n) is 12.5. The quantitative estimate of drug-likeness (QED) is 0.213. The van der Waals surface area contributed by atoms with Gasteiger partial charge in [-0.25, -0.2) is 0 Å². The first-order valence-corrected chi connectivity index (χ1v) is 13.5. The molecule has 0 aliphatic heterocycles. The van der Waals surface area contributed by atoms with Gasteiger partial charge in [0.1, 0.15) is 5.75 Å². The van der Waals surface area contributed by atoms with E-state index in [9.17, 15) is 5.11 Å². The lowest BCUT2D eigenvalue weighted by Crippen LogP contribution is -2.17. The Morgan fingerprint density at radius 1 is 0.711 bits per heavy atom. The van der Waals surface area contributed by atoms with Crippen LogP contribution in [0.15, 0.2) is 89.9 Å². The molecular weight excluding hydrogens is 462 g/mol. The summed E-state index contributed by atoms with van der Waals surface area (Å²) in [5.41, 5.74) is 9.55. The molecule has 0 bridgehead atoms. The summed E-state index contributed by atoms with van der Waals surface area (Å²) in [5.74, 6) is 0.353. The molecule has 2 nitrogen and oxygen atoms in total. The molecular formula is C36H41NO. The Morgan fingerprint density at radius 2 is 1.26 bits per heavy atom. The van der Waals surface area contributed by atoms with Gasteiger partial charge in [-0.2, -0.15) is 0 Å². The van der Waals surface area contributed by atoms with Crippen molar-refractivity contribution in [3.8, 4) is 5.75 Å². The predicted molar refractivity (Wildman–Crippen MR) is 163 cm³/mol. The number of nitrogens with zero attached hydrogens (tertiary/aromatic N) is 1. The van der Waals surface area contributed by atoms with E-state index in [1.54, 1.807) is 0 Å². The topological polar surface area (TPSA) is 32.6 Å². The second kappa shape index (κ2) is 10.6. The van der Waals surface area contributed by atoms with E-state index in [0.717, 1.165) is 22.4 Å². The van der Waals surface area contributed by atoms with Crippen LogP contribution in [0.5, 0.6) is 5.75 Å². The fraction of sp³-hybridized carbons (Fsp3) is 0.306. The van der Waals surface area contributed by atoms with Crippen molar-refractivity contribution in [1.29, 1.82) is 0 Å². The average Bonchev–Trinajstić information content (AvgIpc) is 2.84. The van der Waals surface area contributed by atoms with Gasteiger partial charge in [0.05, 0.1) is 5.69 Å². The van der Waals surface area contributed by atoms with Gasteiger partial charge >= 0.3 is 0 Å². The summed E-state index contributed by atoms with van der Waals surface area (Å²) in [5, 5.41) is 11.3. The molecule has 0 spiro atoms. The standard InChI is InChI=1S/C36H41NO/c1-24-19-25(2)33(30(20-24)32(26-15-11-9-12-16-26)27-17-13-10-14-18-27)37-23-28-21-29(35(3,4)5)22-31(34(28)38)36(6,7)8/h9-23,32,38H,1-8H3. The fourth-order valence-electron chi connectivity index (χ4n) is 5.13. The molecule has 196 valence electrons. The minimum atomic E-state index is -0.190. The van der Waals surface area contributed by atoms with Gasteiger partial charge in [0.2, 0.25) is 0 Å². The van der Waals surface area contributed by atoms with E-state index < -0.39 is 0 Å². The predicted octanol–water partition coefficient (Wildman–Crippen LogP) is 9.53. The zero-order chi connectivity index (χ0) is 27.7. The normalized spacial score (nSPS) is 12.4. The van der Waals surface area contributed by atoms with Crippen LogP contribution in [-0.2, 0) is 10.8 Å². The highest BCUT2D eigenvalue weighted by atomic mass is 16.3. The first kappa shape index (κ1) is 27.4. The number of rotatable bonds is 5. The van der Waals surface area contributed by atoms with Crippen LogP contribution in [0.1, 0.15) is 92.0 Å². The first-order chi connectivity index (χ1) is 17.9. The van der Waals surface area contributed by atoms with Crippen LogP contribution in [0.3, 0.4) is 0 Å². The zero-order valence-corrected chi connectivity index (χ0v) is 24.1. The molecule has 4 aromatic carbocycles. The number of benzene rings is 4. The summed E-state index contributed by atoms with van der Waals surface area (Å²) in [7, 11) is 0. The van der Waals surface area contributed by atoms with E-state index in [4.69, 9.17) is 4.99 Å². The molecule has 4 rings (SSSR count). The molecule has 0 saturated carbocycles. The molecule has 0 radical (unpaired) electrons. The van der Waals surface area contributed by atoms with Gasteiger partial charge in [0, 0.05) is 23.3 Å². The molecule has 38 heavy (non-hydrogen) atoms. The molecule has 0 aliphatic rings. The van der Waals surface area contributed by atoms with Crippen LogP contribution in [0.2, 0.25) is 0 Å². The van der Waals surface area contributed by atoms with Crippen molar-refractivity contribution in [2.45, 2.75) is 72.1 Å². The summed E-state index contributed by atoms with van der Waals surface area (Å²) in [6.45, 7) is 17.3. The van der Waals surface area contributed by atoms with Crippen LogP contribution in [0.25, 0.3) is 0 Å². The van der Waals surface area contributed by atoms with Gasteiger partial charge in [-0.3, -0.25) is 4.99 Å². The lowest BCUT2D eigenvalue weighted by atomic mass is 9.79. The third-order valence-corrected chi connectivity index (χ3v) is 7.20. The minimum absolute atomic E-state index is 0.0443. The van der Waals surface area contributed by atoms with Crippen LogP contribution < -0.4 is 0 Å². The molecule has 0 saturated heterocycles. The largest absolute Gasteiger partial charge is 0.507 e. The third-order valence-electron chi connectivity index (χ3n) is 7.20. The maximum absolute atomic E-state index is 11.3. The van der Waals surface area contributed by atoms with Crippen molar-refractivity contribution in [3.05, 3.63) is 129 Å². The summed E-state index contributed by atoms with van der Waals surface area (Å²) >= 11 is 0. The summed E-state index contributed by atoms with van der Waals surface area (Å²) in [6, 6.07) is 30.0. The number of aryl methyl sites for hydroxylation is 2. The van der Waals surface area contributed by atoms with E-state index in [0.29, 0.717) is 5.75 Å². The fourth-order valence-corrected chi connectivity index (χ4v) is 5.13. The van der Waals surface area contributed by atoms with Crippen molar-refractivity contribution >= 4 is 11.9 Å². The Bertz CT molecular complexity index is 1400. The van der Waals surface area contributed by atoms with Gasteiger partial charge in [0.25, 0.3) is 0 Å². The van der Waals surface area contributed by atoms with Gasteiger partial charge in [0.15, 0.2) is 0 Å². The van der Waals surface area contributed by atoms with E-state index >= 15 is 0 Å². The highest BCUT2D eigenvalue weighted by Crippen LogP contribution is 2.41. The summed E-state index contributed by atoms with van der Waals surface area (Å²) in [6.07, 6.45) is 1.86. The van der Waals surface area contributed by atoms with Crippen LogP contribution in [0.4, 0.5) is 5.69 Å². The number of phenols is 1. The van der Waals surface area contributed by atoms with Crippen molar-refractivity contribution < 1.29 is 5.11 Å². The van der Waals surface area contributed by atoms with Crippen molar-refractivity contribution in [2.75, 3.05) is 0 Å². The molecule has 0 atom stereocenters. The molecule has 4 aromatic rings. The molecule has 2 heteroatoms. The highest BCUT2D eigenvalue weighted by Gasteiger charge is 2.25.